The van der Waals surface area contributed by atoms with Crippen LogP contribution in [0.5, 0.6) is 0 Å². The molecule has 0 aromatic heterocycles. The SMILES string of the molecule is FC(F)(F)C1CCNc2c(Br)cccc21. The van der Waals surface area contributed by atoms with Crippen molar-refractivity contribution in [2.24, 2.45) is 0 Å². The highest BCUT2D eigenvalue weighted by Gasteiger charge is 2.43. The average molecular weight is 280 g/mol. The zero-order valence-electron chi connectivity index (χ0n) is 7.74. The molecule has 82 valence electrons. The second-order valence-corrected chi connectivity index (χ2v) is 4.37. The summed E-state index contributed by atoms with van der Waals surface area (Å²) in [5.41, 5.74) is 0.911. The first kappa shape index (κ1) is 10.8. The van der Waals surface area contributed by atoms with E-state index in [1.165, 1.54) is 6.07 Å². The Morgan fingerprint density at radius 3 is 2.73 bits per heavy atom. The highest BCUT2D eigenvalue weighted by molar-refractivity contribution is 9.10. The van der Waals surface area contributed by atoms with Crippen molar-refractivity contribution in [3.05, 3.63) is 28.2 Å². The largest absolute Gasteiger partial charge is 0.395 e. The first-order valence-electron chi connectivity index (χ1n) is 4.59. The molecule has 0 saturated heterocycles. The van der Waals surface area contributed by atoms with Gasteiger partial charge < -0.3 is 5.32 Å². The van der Waals surface area contributed by atoms with Crippen LogP contribution in [-0.2, 0) is 0 Å². The number of alkyl halides is 3. The molecule has 1 unspecified atom stereocenters. The summed E-state index contributed by atoms with van der Waals surface area (Å²) in [6.45, 7) is 0.361. The molecular weight excluding hydrogens is 271 g/mol. The second-order valence-electron chi connectivity index (χ2n) is 3.51. The van der Waals surface area contributed by atoms with Gasteiger partial charge in [-0.25, -0.2) is 0 Å². The van der Waals surface area contributed by atoms with Crippen molar-refractivity contribution in [1.29, 1.82) is 0 Å². The first-order valence-corrected chi connectivity index (χ1v) is 5.38. The predicted octanol–water partition coefficient (Wildman–Crippen LogP) is 3.91. The van der Waals surface area contributed by atoms with Crippen LogP contribution in [0.4, 0.5) is 18.9 Å². The van der Waals surface area contributed by atoms with Crippen LogP contribution in [0.2, 0.25) is 0 Å². The zero-order valence-corrected chi connectivity index (χ0v) is 9.32. The van der Waals surface area contributed by atoms with Crippen LogP contribution in [0.15, 0.2) is 22.7 Å². The Balaban J connectivity index is 2.48. The van der Waals surface area contributed by atoms with E-state index in [9.17, 15) is 13.2 Å². The van der Waals surface area contributed by atoms with Gasteiger partial charge in [0.1, 0.15) is 0 Å². The van der Waals surface area contributed by atoms with E-state index in [-0.39, 0.29) is 6.42 Å². The molecule has 0 saturated carbocycles. The molecule has 5 heteroatoms. The maximum Gasteiger partial charge on any atom is 0.395 e. The number of fused-ring (bicyclic) bond motifs is 1. The lowest BCUT2D eigenvalue weighted by molar-refractivity contribution is -0.151. The van der Waals surface area contributed by atoms with E-state index in [4.69, 9.17) is 0 Å². The molecule has 2 rings (SSSR count). The zero-order chi connectivity index (χ0) is 11.1. The number of hydrogen-bond acceptors (Lipinski definition) is 1. The number of rotatable bonds is 0. The Morgan fingerprint density at radius 1 is 1.33 bits per heavy atom. The Bertz CT molecular complexity index is 375. The van der Waals surface area contributed by atoms with Gasteiger partial charge in [-0.3, -0.25) is 0 Å². The highest BCUT2D eigenvalue weighted by Crippen LogP contribution is 2.44. The number of benzene rings is 1. The molecule has 0 radical (unpaired) electrons. The van der Waals surface area contributed by atoms with Crippen LogP contribution < -0.4 is 5.32 Å². The fraction of sp³-hybridized carbons (Fsp3) is 0.400. The van der Waals surface area contributed by atoms with Gasteiger partial charge >= 0.3 is 6.18 Å². The smallest absolute Gasteiger partial charge is 0.384 e. The molecule has 0 amide bonds. The van der Waals surface area contributed by atoms with Gasteiger partial charge in [0.25, 0.3) is 0 Å². The van der Waals surface area contributed by atoms with E-state index < -0.39 is 12.1 Å². The predicted molar refractivity (Wildman–Crippen MR) is 56.0 cm³/mol. The van der Waals surface area contributed by atoms with Gasteiger partial charge in [-0.05, 0) is 34.0 Å². The molecule has 0 spiro atoms. The molecule has 0 fully saturated rings. The number of para-hydroxylation sites is 1. The van der Waals surface area contributed by atoms with E-state index in [1.54, 1.807) is 12.1 Å². The lowest BCUT2D eigenvalue weighted by atomic mass is 9.90. The van der Waals surface area contributed by atoms with E-state index in [2.05, 4.69) is 21.2 Å². The molecule has 1 aliphatic rings. The molecule has 1 nitrogen and oxygen atoms in total. The van der Waals surface area contributed by atoms with Crippen molar-refractivity contribution < 1.29 is 13.2 Å². The molecule has 0 bridgehead atoms. The van der Waals surface area contributed by atoms with E-state index in [0.29, 0.717) is 22.3 Å². The Hall–Kier alpha value is -0.710. The van der Waals surface area contributed by atoms with Crippen molar-refractivity contribution >= 4 is 21.6 Å². The summed E-state index contributed by atoms with van der Waals surface area (Å²) in [4.78, 5) is 0. The minimum atomic E-state index is -4.16. The van der Waals surface area contributed by atoms with Gasteiger partial charge in [0, 0.05) is 11.0 Å². The maximum absolute atomic E-state index is 12.7. The molecule has 1 atom stereocenters. The van der Waals surface area contributed by atoms with Crippen molar-refractivity contribution in [1.82, 2.24) is 0 Å². The van der Waals surface area contributed by atoms with Crippen LogP contribution in [0, 0.1) is 0 Å². The third-order valence-electron chi connectivity index (χ3n) is 2.55. The van der Waals surface area contributed by atoms with Crippen molar-refractivity contribution in [2.75, 3.05) is 11.9 Å². The molecule has 1 aliphatic heterocycles. The number of nitrogens with one attached hydrogen (secondary N) is 1. The van der Waals surface area contributed by atoms with Gasteiger partial charge in [-0.15, -0.1) is 0 Å². The van der Waals surface area contributed by atoms with E-state index in [0.717, 1.165) is 0 Å². The molecular formula is C10H9BrF3N. The monoisotopic (exact) mass is 279 g/mol. The van der Waals surface area contributed by atoms with Gasteiger partial charge in [0.2, 0.25) is 0 Å². The van der Waals surface area contributed by atoms with E-state index >= 15 is 0 Å². The maximum atomic E-state index is 12.7. The lowest BCUT2D eigenvalue weighted by Crippen LogP contribution is -2.28. The van der Waals surface area contributed by atoms with Gasteiger partial charge in [0.15, 0.2) is 0 Å². The minimum Gasteiger partial charge on any atom is -0.384 e. The summed E-state index contributed by atoms with van der Waals surface area (Å²) in [5.74, 6) is -1.34. The van der Waals surface area contributed by atoms with Gasteiger partial charge in [0.05, 0.1) is 11.6 Å². The van der Waals surface area contributed by atoms with Crippen LogP contribution in [0.1, 0.15) is 17.9 Å². The lowest BCUT2D eigenvalue weighted by Gasteiger charge is -2.29. The standard InChI is InChI=1S/C10H9BrF3N/c11-8-3-1-2-6-7(10(12,13)14)4-5-15-9(6)8/h1-3,7,15H,4-5H2. The van der Waals surface area contributed by atoms with Gasteiger partial charge in [-0.2, -0.15) is 13.2 Å². The summed E-state index contributed by atoms with van der Waals surface area (Å²) < 4.78 is 38.8. The molecule has 0 aliphatic carbocycles. The summed E-state index contributed by atoms with van der Waals surface area (Å²) in [7, 11) is 0. The third-order valence-corrected chi connectivity index (χ3v) is 3.21. The second kappa shape index (κ2) is 3.70. The van der Waals surface area contributed by atoms with Crippen molar-refractivity contribution in [3.63, 3.8) is 0 Å². The summed E-state index contributed by atoms with van der Waals surface area (Å²) in [5, 5.41) is 2.99. The minimum absolute atomic E-state index is 0.104. The van der Waals surface area contributed by atoms with Crippen molar-refractivity contribution in [3.8, 4) is 0 Å². The summed E-state index contributed by atoms with van der Waals surface area (Å²) in [6, 6.07) is 4.91. The molecule has 1 aromatic carbocycles. The summed E-state index contributed by atoms with van der Waals surface area (Å²) in [6.07, 6.45) is -4.05. The Kier molecular flexibility index (Phi) is 2.66. The van der Waals surface area contributed by atoms with Gasteiger partial charge in [-0.1, -0.05) is 12.1 Å². The van der Waals surface area contributed by atoms with Crippen molar-refractivity contribution in [2.45, 2.75) is 18.5 Å². The number of halogens is 4. The fourth-order valence-corrected chi connectivity index (χ4v) is 2.38. The van der Waals surface area contributed by atoms with Crippen LogP contribution >= 0.6 is 15.9 Å². The average Bonchev–Trinajstić information content (AvgIpc) is 2.16. The quantitative estimate of drug-likeness (QED) is 0.759. The molecule has 1 N–H and O–H groups in total. The highest BCUT2D eigenvalue weighted by atomic mass is 79.9. The topological polar surface area (TPSA) is 12.0 Å². The van der Waals surface area contributed by atoms with E-state index in [1.807, 2.05) is 0 Å². The molecule has 15 heavy (non-hydrogen) atoms. The molecule has 1 heterocycles. The number of anilines is 1. The van der Waals surface area contributed by atoms with Crippen LogP contribution in [0.3, 0.4) is 0 Å². The Morgan fingerprint density at radius 2 is 2.07 bits per heavy atom. The third kappa shape index (κ3) is 1.97. The first-order chi connectivity index (χ1) is 7.00. The van der Waals surface area contributed by atoms with Crippen LogP contribution in [0.25, 0.3) is 0 Å². The fourth-order valence-electron chi connectivity index (χ4n) is 1.85. The molecule has 1 aromatic rings. The number of hydrogen-bond donors (Lipinski definition) is 1. The normalized spacial score (nSPS) is 20.7. The Labute approximate surface area is 93.8 Å². The summed E-state index contributed by atoms with van der Waals surface area (Å²) >= 11 is 3.25. The van der Waals surface area contributed by atoms with Crippen LogP contribution in [-0.4, -0.2) is 12.7 Å².